The monoisotopic (exact) mass is 276 g/mol. The summed E-state index contributed by atoms with van der Waals surface area (Å²) in [4.78, 5) is 16.0. The zero-order valence-corrected chi connectivity index (χ0v) is 11.4. The van der Waals surface area contributed by atoms with Crippen molar-refractivity contribution < 1.29 is 14.3 Å². The number of piperazine rings is 1. The molecule has 106 valence electrons. The fourth-order valence-electron chi connectivity index (χ4n) is 2.09. The molecule has 1 aliphatic rings. The van der Waals surface area contributed by atoms with E-state index in [9.17, 15) is 9.18 Å². The predicted octanol–water partition coefficient (Wildman–Crippen LogP) is 0.557. The van der Waals surface area contributed by atoms with E-state index in [-0.39, 0.29) is 18.1 Å². The van der Waals surface area contributed by atoms with Crippen LogP contribution in [0, 0.1) is 17.7 Å². The highest BCUT2D eigenvalue weighted by Gasteiger charge is 2.22. The van der Waals surface area contributed by atoms with Gasteiger partial charge in [-0.05, 0) is 25.2 Å². The molecule has 0 bridgehead atoms. The minimum absolute atomic E-state index is 0.0732. The van der Waals surface area contributed by atoms with Crippen LogP contribution < -0.4 is 0 Å². The van der Waals surface area contributed by atoms with Gasteiger partial charge in [-0.1, -0.05) is 11.8 Å². The van der Waals surface area contributed by atoms with Crippen LogP contribution in [-0.4, -0.2) is 60.6 Å². The summed E-state index contributed by atoms with van der Waals surface area (Å²) in [7, 11) is 2.00. The maximum absolute atomic E-state index is 14.0. The van der Waals surface area contributed by atoms with Gasteiger partial charge in [0.15, 0.2) is 0 Å². The van der Waals surface area contributed by atoms with Crippen LogP contribution in [-0.2, 0) is 0 Å². The highest BCUT2D eigenvalue weighted by atomic mass is 19.1. The molecule has 1 saturated heterocycles. The van der Waals surface area contributed by atoms with Crippen molar-refractivity contribution in [3.8, 4) is 11.8 Å². The van der Waals surface area contributed by atoms with Gasteiger partial charge in [0.1, 0.15) is 12.4 Å². The zero-order chi connectivity index (χ0) is 14.5. The number of aliphatic hydroxyl groups is 1. The highest BCUT2D eigenvalue weighted by molar-refractivity contribution is 5.94. The Morgan fingerprint density at radius 2 is 2.05 bits per heavy atom. The molecule has 1 fully saturated rings. The number of hydrogen-bond acceptors (Lipinski definition) is 3. The first-order valence-corrected chi connectivity index (χ1v) is 6.49. The molecule has 1 aliphatic heterocycles. The van der Waals surface area contributed by atoms with Gasteiger partial charge in [-0.25, -0.2) is 4.39 Å². The van der Waals surface area contributed by atoms with Crippen molar-refractivity contribution in [1.82, 2.24) is 9.80 Å². The molecule has 0 unspecified atom stereocenters. The third-order valence-corrected chi connectivity index (χ3v) is 3.30. The number of carbonyl (C=O) groups excluding carboxylic acids is 1. The van der Waals surface area contributed by atoms with Gasteiger partial charge in [0.05, 0.1) is 5.56 Å². The summed E-state index contributed by atoms with van der Waals surface area (Å²) in [5, 5.41) is 8.60. The lowest BCUT2D eigenvalue weighted by molar-refractivity contribution is 0.0659. The molecular weight excluding hydrogens is 259 g/mol. The number of halogens is 1. The molecule has 0 radical (unpaired) electrons. The van der Waals surface area contributed by atoms with Crippen LogP contribution >= 0.6 is 0 Å². The average molecular weight is 276 g/mol. The van der Waals surface area contributed by atoms with Crippen LogP contribution in [0.3, 0.4) is 0 Å². The van der Waals surface area contributed by atoms with E-state index >= 15 is 0 Å². The fourth-order valence-corrected chi connectivity index (χ4v) is 2.09. The first kappa shape index (κ1) is 14.5. The summed E-state index contributed by atoms with van der Waals surface area (Å²) >= 11 is 0. The molecular formula is C15H17FN2O2. The van der Waals surface area contributed by atoms with Crippen LogP contribution in [0.1, 0.15) is 15.9 Å². The smallest absolute Gasteiger partial charge is 0.256 e. The predicted molar refractivity (Wildman–Crippen MR) is 73.8 cm³/mol. The Bertz CT molecular complexity index is 555. The lowest BCUT2D eigenvalue weighted by atomic mass is 10.1. The minimum atomic E-state index is -0.571. The van der Waals surface area contributed by atoms with Gasteiger partial charge < -0.3 is 14.9 Å². The Morgan fingerprint density at radius 1 is 1.35 bits per heavy atom. The molecule has 1 N–H and O–H groups in total. The molecule has 1 heterocycles. The lowest BCUT2D eigenvalue weighted by Crippen LogP contribution is -2.47. The molecule has 1 amide bonds. The average Bonchev–Trinajstić information content (AvgIpc) is 2.45. The Hall–Kier alpha value is -1.90. The Balaban J connectivity index is 2.14. The second-order valence-corrected chi connectivity index (χ2v) is 4.75. The van der Waals surface area contributed by atoms with Gasteiger partial charge in [-0.15, -0.1) is 0 Å². The van der Waals surface area contributed by atoms with Crippen molar-refractivity contribution in [1.29, 1.82) is 0 Å². The van der Waals surface area contributed by atoms with Crippen molar-refractivity contribution in [3.63, 3.8) is 0 Å². The normalized spacial score (nSPS) is 15.7. The first-order chi connectivity index (χ1) is 9.61. The van der Waals surface area contributed by atoms with Gasteiger partial charge in [-0.3, -0.25) is 4.79 Å². The van der Waals surface area contributed by atoms with E-state index in [1.165, 1.54) is 12.1 Å². The van der Waals surface area contributed by atoms with E-state index in [0.717, 1.165) is 13.1 Å². The molecule has 2 rings (SSSR count). The van der Waals surface area contributed by atoms with Crippen molar-refractivity contribution in [2.24, 2.45) is 0 Å². The molecule has 0 atom stereocenters. The Labute approximate surface area is 117 Å². The minimum Gasteiger partial charge on any atom is -0.384 e. The van der Waals surface area contributed by atoms with Crippen LogP contribution in [0.15, 0.2) is 18.2 Å². The Morgan fingerprint density at radius 3 is 2.65 bits per heavy atom. The fraction of sp³-hybridized carbons (Fsp3) is 0.400. The highest BCUT2D eigenvalue weighted by Crippen LogP contribution is 2.14. The van der Waals surface area contributed by atoms with Crippen molar-refractivity contribution in [3.05, 3.63) is 35.1 Å². The number of carbonyl (C=O) groups is 1. The number of aliphatic hydroxyl groups excluding tert-OH is 1. The van der Waals surface area contributed by atoms with Crippen molar-refractivity contribution in [2.45, 2.75) is 0 Å². The number of nitrogens with zero attached hydrogens (tertiary/aromatic N) is 2. The molecule has 0 aliphatic carbocycles. The van der Waals surface area contributed by atoms with E-state index in [1.54, 1.807) is 11.0 Å². The standard InChI is InChI=1S/C15H17FN2O2/c1-17-6-8-18(9-7-17)15(20)13-5-4-12(3-2-10-19)11-14(13)16/h4-5,11,19H,6-10H2,1H3. The molecule has 4 nitrogen and oxygen atoms in total. The number of rotatable bonds is 1. The van der Waals surface area contributed by atoms with E-state index in [4.69, 9.17) is 5.11 Å². The molecule has 5 heteroatoms. The molecule has 0 aromatic heterocycles. The molecule has 1 aromatic carbocycles. The molecule has 0 saturated carbocycles. The maximum Gasteiger partial charge on any atom is 0.256 e. The Kier molecular flexibility index (Phi) is 4.72. The zero-order valence-electron chi connectivity index (χ0n) is 11.4. The topological polar surface area (TPSA) is 43.8 Å². The third-order valence-electron chi connectivity index (χ3n) is 3.30. The van der Waals surface area contributed by atoms with Gasteiger partial charge in [-0.2, -0.15) is 0 Å². The van der Waals surface area contributed by atoms with Gasteiger partial charge in [0.2, 0.25) is 0 Å². The third kappa shape index (κ3) is 3.35. The second kappa shape index (κ2) is 6.51. The van der Waals surface area contributed by atoms with Crippen LogP contribution in [0.2, 0.25) is 0 Å². The summed E-state index contributed by atoms with van der Waals surface area (Å²) in [6, 6.07) is 4.28. The van der Waals surface area contributed by atoms with E-state index < -0.39 is 5.82 Å². The largest absolute Gasteiger partial charge is 0.384 e. The molecule has 1 aromatic rings. The van der Waals surface area contributed by atoms with Crippen molar-refractivity contribution in [2.75, 3.05) is 39.8 Å². The number of likely N-dealkylation sites (N-methyl/N-ethyl adjacent to an activating group) is 1. The number of hydrogen-bond donors (Lipinski definition) is 1. The maximum atomic E-state index is 14.0. The van der Waals surface area contributed by atoms with Crippen LogP contribution in [0.5, 0.6) is 0 Å². The van der Waals surface area contributed by atoms with Gasteiger partial charge in [0.25, 0.3) is 5.91 Å². The quantitative estimate of drug-likeness (QED) is 0.762. The summed E-state index contributed by atoms with van der Waals surface area (Å²) in [5.41, 5.74) is 0.524. The summed E-state index contributed by atoms with van der Waals surface area (Å²) < 4.78 is 14.0. The second-order valence-electron chi connectivity index (χ2n) is 4.75. The van der Waals surface area contributed by atoms with Gasteiger partial charge in [0, 0.05) is 31.7 Å². The molecule has 20 heavy (non-hydrogen) atoms. The summed E-state index contributed by atoms with van der Waals surface area (Å²) in [5.74, 6) is 4.21. The molecule has 0 spiro atoms. The van der Waals surface area contributed by atoms with Crippen molar-refractivity contribution >= 4 is 5.91 Å². The van der Waals surface area contributed by atoms with Gasteiger partial charge >= 0.3 is 0 Å². The van der Waals surface area contributed by atoms with Crippen LogP contribution in [0.4, 0.5) is 4.39 Å². The SMILES string of the molecule is CN1CCN(C(=O)c2ccc(C#CCO)cc2F)CC1. The number of amides is 1. The number of benzene rings is 1. The van der Waals surface area contributed by atoms with Crippen LogP contribution in [0.25, 0.3) is 0 Å². The lowest BCUT2D eigenvalue weighted by Gasteiger charge is -2.32. The summed E-state index contributed by atoms with van der Waals surface area (Å²) in [6.07, 6.45) is 0. The van der Waals surface area contributed by atoms with E-state index in [1.807, 2.05) is 7.05 Å². The van der Waals surface area contributed by atoms with E-state index in [0.29, 0.717) is 18.7 Å². The van der Waals surface area contributed by atoms with E-state index in [2.05, 4.69) is 16.7 Å². The first-order valence-electron chi connectivity index (χ1n) is 6.49. The summed E-state index contributed by atoms with van der Waals surface area (Å²) in [6.45, 7) is 2.55.